The molecule has 1 unspecified atom stereocenters. The third-order valence-corrected chi connectivity index (χ3v) is 2.63. The Kier molecular flexibility index (Phi) is 3.09. The van der Waals surface area contributed by atoms with E-state index in [1.165, 1.54) is 19.1 Å². The number of aliphatic hydroxyl groups excluding tert-OH is 1. The maximum atomic E-state index is 12.9. The Labute approximate surface area is 83.3 Å². The molecule has 1 N–H and O–H groups in total. The maximum Gasteiger partial charge on any atom is 0.137 e. The van der Waals surface area contributed by atoms with E-state index in [2.05, 4.69) is 15.9 Å². The molecule has 1 nitrogen and oxygen atoms in total. The number of rotatable bonds is 1. The van der Waals surface area contributed by atoms with Crippen LogP contribution >= 0.6 is 27.5 Å². The van der Waals surface area contributed by atoms with Gasteiger partial charge in [-0.15, -0.1) is 0 Å². The van der Waals surface area contributed by atoms with Crippen molar-refractivity contribution in [1.29, 1.82) is 0 Å². The molecule has 0 radical (unpaired) electrons. The summed E-state index contributed by atoms with van der Waals surface area (Å²) < 4.78 is 13.1. The van der Waals surface area contributed by atoms with Crippen LogP contribution in [0.1, 0.15) is 18.6 Å². The molecule has 1 rings (SSSR count). The molecule has 0 saturated heterocycles. The molecular formula is C8H7BrClFO. The van der Waals surface area contributed by atoms with Crippen molar-refractivity contribution in [3.8, 4) is 0 Å². The zero-order chi connectivity index (χ0) is 9.30. The van der Waals surface area contributed by atoms with Crippen LogP contribution in [0.4, 0.5) is 4.39 Å². The van der Waals surface area contributed by atoms with E-state index in [4.69, 9.17) is 11.6 Å². The summed E-state index contributed by atoms with van der Waals surface area (Å²) in [5.41, 5.74) is 0.386. The lowest BCUT2D eigenvalue weighted by Crippen LogP contribution is -1.95. The number of halogens is 3. The molecule has 1 aromatic rings. The highest BCUT2D eigenvalue weighted by Gasteiger charge is 2.13. The molecule has 0 aliphatic heterocycles. The van der Waals surface area contributed by atoms with Gasteiger partial charge in [-0.05, 0) is 35.0 Å². The van der Waals surface area contributed by atoms with E-state index in [9.17, 15) is 9.50 Å². The predicted molar refractivity (Wildman–Crippen MR) is 49.7 cm³/mol. The summed E-state index contributed by atoms with van der Waals surface area (Å²) >= 11 is 8.75. The van der Waals surface area contributed by atoms with Crippen molar-refractivity contribution in [3.63, 3.8) is 0 Å². The van der Waals surface area contributed by atoms with Crippen LogP contribution in [-0.4, -0.2) is 5.11 Å². The highest BCUT2D eigenvalue weighted by atomic mass is 79.9. The molecule has 4 heteroatoms. The van der Waals surface area contributed by atoms with Gasteiger partial charge in [-0.3, -0.25) is 0 Å². The lowest BCUT2D eigenvalue weighted by molar-refractivity contribution is 0.198. The van der Waals surface area contributed by atoms with Crippen molar-refractivity contribution in [2.75, 3.05) is 0 Å². The average molecular weight is 253 g/mol. The molecule has 1 aromatic carbocycles. The Balaban J connectivity index is 3.33. The maximum absolute atomic E-state index is 12.9. The van der Waals surface area contributed by atoms with Gasteiger partial charge in [0, 0.05) is 10.6 Å². The van der Waals surface area contributed by atoms with Crippen LogP contribution in [-0.2, 0) is 0 Å². The molecule has 0 bridgehead atoms. The quantitative estimate of drug-likeness (QED) is 0.762. The van der Waals surface area contributed by atoms with Gasteiger partial charge >= 0.3 is 0 Å². The van der Waals surface area contributed by atoms with Crippen molar-refractivity contribution in [1.82, 2.24) is 0 Å². The van der Waals surface area contributed by atoms with Crippen LogP contribution in [0.5, 0.6) is 0 Å². The Morgan fingerprint density at radius 3 is 2.58 bits per heavy atom. The molecular weight excluding hydrogens is 246 g/mol. The smallest absolute Gasteiger partial charge is 0.137 e. The van der Waals surface area contributed by atoms with Crippen molar-refractivity contribution in [3.05, 3.63) is 33.0 Å². The fraction of sp³-hybridized carbons (Fsp3) is 0.250. The molecule has 0 aliphatic rings. The van der Waals surface area contributed by atoms with E-state index >= 15 is 0 Å². The SMILES string of the molecule is CC(O)c1c(Cl)ccc(F)c1Br. The molecule has 0 amide bonds. The van der Waals surface area contributed by atoms with Crippen LogP contribution in [0.2, 0.25) is 5.02 Å². The summed E-state index contributed by atoms with van der Waals surface area (Å²) in [4.78, 5) is 0. The Morgan fingerprint density at radius 2 is 2.17 bits per heavy atom. The van der Waals surface area contributed by atoms with Gasteiger partial charge < -0.3 is 5.11 Å². The molecule has 0 aromatic heterocycles. The minimum Gasteiger partial charge on any atom is -0.389 e. The summed E-state index contributed by atoms with van der Waals surface area (Å²) in [6, 6.07) is 2.67. The van der Waals surface area contributed by atoms with Crippen LogP contribution in [0.25, 0.3) is 0 Å². The van der Waals surface area contributed by atoms with E-state index in [-0.39, 0.29) is 4.47 Å². The number of hydrogen-bond donors (Lipinski definition) is 1. The Morgan fingerprint density at radius 1 is 1.58 bits per heavy atom. The van der Waals surface area contributed by atoms with Crippen LogP contribution in [0, 0.1) is 5.82 Å². The summed E-state index contributed by atoms with van der Waals surface area (Å²) in [7, 11) is 0. The first kappa shape index (κ1) is 9.96. The van der Waals surface area contributed by atoms with E-state index in [0.717, 1.165) is 0 Å². The minimum atomic E-state index is -0.775. The van der Waals surface area contributed by atoms with Crippen LogP contribution in [0.15, 0.2) is 16.6 Å². The molecule has 0 fully saturated rings. The zero-order valence-electron chi connectivity index (χ0n) is 6.31. The first-order valence-corrected chi connectivity index (χ1v) is 4.52. The molecule has 0 saturated carbocycles. The van der Waals surface area contributed by atoms with Crippen molar-refractivity contribution >= 4 is 27.5 Å². The summed E-state index contributed by atoms with van der Waals surface area (Å²) in [6.45, 7) is 1.53. The second-order valence-corrected chi connectivity index (χ2v) is 3.63. The van der Waals surface area contributed by atoms with Crippen molar-refractivity contribution < 1.29 is 9.50 Å². The van der Waals surface area contributed by atoms with E-state index in [0.29, 0.717) is 10.6 Å². The number of benzene rings is 1. The van der Waals surface area contributed by atoms with E-state index in [1.807, 2.05) is 0 Å². The first-order valence-electron chi connectivity index (χ1n) is 3.35. The van der Waals surface area contributed by atoms with Crippen LogP contribution in [0.3, 0.4) is 0 Å². The Hall–Kier alpha value is -0.120. The van der Waals surface area contributed by atoms with Crippen molar-refractivity contribution in [2.24, 2.45) is 0 Å². The third kappa shape index (κ3) is 1.79. The summed E-state index contributed by atoms with van der Waals surface area (Å²) in [6.07, 6.45) is -0.775. The average Bonchev–Trinajstić information content (AvgIpc) is 1.97. The number of hydrogen-bond acceptors (Lipinski definition) is 1. The zero-order valence-corrected chi connectivity index (χ0v) is 8.66. The fourth-order valence-electron chi connectivity index (χ4n) is 0.926. The second kappa shape index (κ2) is 3.73. The topological polar surface area (TPSA) is 20.2 Å². The summed E-state index contributed by atoms with van der Waals surface area (Å²) in [5, 5.41) is 9.59. The van der Waals surface area contributed by atoms with Gasteiger partial charge in [0.25, 0.3) is 0 Å². The van der Waals surface area contributed by atoms with Crippen LogP contribution < -0.4 is 0 Å². The van der Waals surface area contributed by atoms with Gasteiger partial charge in [0.2, 0.25) is 0 Å². The lowest BCUT2D eigenvalue weighted by Gasteiger charge is -2.09. The molecule has 0 heterocycles. The van der Waals surface area contributed by atoms with Gasteiger partial charge in [0.05, 0.1) is 10.6 Å². The van der Waals surface area contributed by atoms with E-state index < -0.39 is 11.9 Å². The predicted octanol–water partition coefficient (Wildman–Crippen LogP) is 3.29. The molecule has 66 valence electrons. The monoisotopic (exact) mass is 252 g/mol. The fourth-order valence-corrected chi connectivity index (χ4v) is 2.03. The number of aliphatic hydroxyl groups is 1. The second-order valence-electron chi connectivity index (χ2n) is 2.43. The van der Waals surface area contributed by atoms with Gasteiger partial charge in [-0.1, -0.05) is 11.6 Å². The van der Waals surface area contributed by atoms with Gasteiger partial charge in [-0.2, -0.15) is 0 Å². The largest absolute Gasteiger partial charge is 0.389 e. The Bertz CT molecular complexity index is 301. The highest BCUT2D eigenvalue weighted by molar-refractivity contribution is 9.10. The first-order chi connectivity index (χ1) is 5.54. The van der Waals surface area contributed by atoms with Gasteiger partial charge in [-0.25, -0.2) is 4.39 Å². The normalized spacial score (nSPS) is 13.1. The lowest BCUT2D eigenvalue weighted by atomic mass is 10.1. The molecule has 12 heavy (non-hydrogen) atoms. The highest BCUT2D eigenvalue weighted by Crippen LogP contribution is 2.32. The van der Waals surface area contributed by atoms with Gasteiger partial charge in [0.1, 0.15) is 5.82 Å². The standard InChI is InChI=1S/C8H7BrClFO/c1-4(12)7-5(10)2-3-6(11)8(7)9/h2-4,12H,1H3. The minimum absolute atomic E-state index is 0.227. The third-order valence-electron chi connectivity index (χ3n) is 1.50. The molecule has 1 atom stereocenters. The summed E-state index contributed by atoms with van der Waals surface area (Å²) in [5.74, 6) is -0.421. The molecule has 0 spiro atoms. The van der Waals surface area contributed by atoms with Gasteiger partial charge in [0.15, 0.2) is 0 Å². The molecule has 0 aliphatic carbocycles. The van der Waals surface area contributed by atoms with Crippen molar-refractivity contribution in [2.45, 2.75) is 13.0 Å². The van der Waals surface area contributed by atoms with E-state index in [1.54, 1.807) is 0 Å².